The van der Waals surface area contributed by atoms with E-state index in [1.807, 2.05) is 0 Å². The Morgan fingerprint density at radius 2 is 1.93 bits per heavy atom. The zero-order valence-corrected chi connectivity index (χ0v) is 9.25. The van der Waals surface area contributed by atoms with Crippen molar-refractivity contribution in [1.82, 2.24) is 0 Å². The summed E-state index contributed by atoms with van der Waals surface area (Å²) in [4.78, 5) is 0. The summed E-state index contributed by atoms with van der Waals surface area (Å²) in [5.74, 6) is 2.21. The van der Waals surface area contributed by atoms with E-state index in [0.717, 1.165) is 18.4 Å². The van der Waals surface area contributed by atoms with Gasteiger partial charge in [-0.25, -0.2) is 0 Å². The van der Waals surface area contributed by atoms with Crippen LogP contribution < -0.4 is 5.32 Å². The first kappa shape index (κ1) is 9.57. The fourth-order valence-electron chi connectivity index (χ4n) is 2.24. The van der Waals surface area contributed by atoms with Crippen molar-refractivity contribution in [3.63, 3.8) is 0 Å². The molecule has 0 radical (unpaired) electrons. The number of para-hydroxylation sites is 1. The number of hydrogen-bond donors (Lipinski definition) is 1. The quantitative estimate of drug-likeness (QED) is 0.751. The van der Waals surface area contributed by atoms with Crippen molar-refractivity contribution in [1.29, 1.82) is 0 Å². The van der Waals surface area contributed by atoms with Gasteiger partial charge in [0.25, 0.3) is 0 Å². The average Bonchev–Trinajstić information content (AvgIpc) is 2.60. The monoisotopic (exact) mass is 189 g/mol. The molecule has 1 aliphatic rings. The van der Waals surface area contributed by atoms with Gasteiger partial charge in [-0.3, -0.25) is 0 Å². The third-order valence-corrected chi connectivity index (χ3v) is 3.56. The molecular formula is C13H19N. The molecular weight excluding hydrogens is 170 g/mol. The lowest BCUT2D eigenvalue weighted by Gasteiger charge is -2.22. The first-order valence-corrected chi connectivity index (χ1v) is 5.53. The number of rotatable bonds is 2. The molecule has 0 aliphatic carbocycles. The van der Waals surface area contributed by atoms with Crippen LogP contribution in [0.5, 0.6) is 0 Å². The second-order valence-corrected chi connectivity index (χ2v) is 4.68. The molecule has 0 aromatic heterocycles. The lowest BCUT2D eigenvalue weighted by Crippen LogP contribution is -2.16. The topological polar surface area (TPSA) is 12.0 Å². The van der Waals surface area contributed by atoms with Gasteiger partial charge in [0.1, 0.15) is 0 Å². The van der Waals surface area contributed by atoms with Gasteiger partial charge in [-0.2, -0.15) is 0 Å². The third-order valence-electron chi connectivity index (χ3n) is 3.56. The summed E-state index contributed by atoms with van der Waals surface area (Å²) in [5.41, 5.74) is 2.85. The maximum atomic E-state index is 3.49. The predicted molar refractivity (Wildman–Crippen MR) is 61.7 cm³/mol. The second kappa shape index (κ2) is 3.64. The lowest BCUT2D eigenvalue weighted by molar-refractivity contribution is 0.362. The van der Waals surface area contributed by atoms with Crippen LogP contribution in [-0.4, -0.2) is 6.54 Å². The van der Waals surface area contributed by atoms with Gasteiger partial charge in [0.2, 0.25) is 0 Å². The Balaban J connectivity index is 2.26. The molecule has 2 rings (SSSR count). The number of benzene rings is 1. The normalized spacial score (nSPS) is 21.9. The molecule has 0 saturated heterocycles. The Morgan fingerprint density at radius 3 is 2.64 bits per heavy atom. The summed E-state index contributed by atoms with van der Waals surface area (Å²) >= 11 is 0. The van der Waals surface area contributed by atoms with Crippen LogP contribution >= 0.6 is 0 Å². The van der Waals surface area contributed by atoms with Crippen molar-refractivity contribution in [2.24, 2.45) is 11.8 Å². The molecule has 1 aliphatic heterocycles. The van der Waals surface area contributed by atoms with Gasteiger partial charge in [-0.05, 0) is 23.5 Å². The molecule has 1 N–H and O–H groups in total. The summed E-state index contributed by atoms with van der Waals surface area (Å²) in [7, 11) is 0. The molecule has 14 heavy (non-hydrogen) atoms. The molecule has 0 saturated carbocycles. The molecule has 1 aromatic carbocycles. The highest BCUT2D eigenvalue weighted by Crippen LogP contribution is 2.38. The molecule has 1 heterocycles. The number of anilines is 1. The smallest absolute Gasteiger partial charge is 0.0376 e. The number of hydrogen-bond acceptors (Lipinski definition) is 1. The highest BCUT2D eigenvalue weighted by atomic mass is 14.9. The fourth-order valence-corrected chi connectivity index (χ4v) is 2.24. The van der Waals surface area contributed by atoms with Crippen molar-refractivity contribution in [2.75, 3.05) is 11.9 Å². The molecule has 76 valence electrons. The van der Waals surface area contributed by atoms with Gasteiger partial charge < -0.3 is 5.32 Å². The third kappa shape index (κ3) is 1.52. The van der Waals surface area contributed by atoms with Crippen LogP contribution in [0.15, 0.2) is 24.3 Å². The minimum absolute atomic E-state index is 0.700. The number of fused-ring (bicyclic) bond motifs is 1. The maximum absolute atomic E-state index is 3.49. The standard InChI is InChI=1S/C13H19N/c1-9(2)10(3)12-8-14-13-7-5-4-6-11(12)13/h4-7,9-10,12,14H,8H2,1-3H3/t10?,12-/m1/s1. The maximum Gasteiger partial charge on any atom is 0.0376 e. The predicted octanol–water partition coefficient (Wildman–Crippen LogP) is 3.49. The van der Waals surface area contributed by atoms with Crippen molar-refractivity contribution >= 4 is 5.69 Å². The van der Waals surface area contributed by atoms with Gasteiger partial charge in [0.05, 0.1) is 0 Å². The van der Waals surface area contributed by atoms with Crippen LogP contribution in [0.1, 0.15) is 32.3 Å². The van der Waals surface area contributed by atoms with E-state index in [1.54, 1.807) is 0 Å². The molecule has 1 unspecified atom stereocenters. The Bertz CT molecular complexity index is 317. The minimum Gasteiger partial charge on any atom is -0.384 e. The van der Waals surface area contributed by atoms with E-state index in [-0.39, 0.29) is 0 Å². The molecule has 1 aromatic rings. The van der Waals surface area contributed by atoms with Crippen LogP contribution in [0.25, 0.3) is 0 Å². The van der Waals surface area contributed by atoms with Crippen molar-refractivity contribution < 1.29 is 0 Å². The zero-order chi connectivity index (χ0) is 10.1. The van der Waals surface area contributed by atoms with Gasteiger partial charge >= 0.3 is 0 Å². The Kier molecular flexibility index (Phi) is 2.49. The van der Waals surface area contributed by atoms with Crippen LogP contribution in [0.4, 0.5) is 5.69 Å². The van der Waals surface area contributed by atoms with E-state index < -0.39 is 0 Å². The van der Waals surface area contributed by atoms with Crippen LogP contribution in [0.2, 0.25) is 0 Å². The summed E-state index contributed by atoms with van der Waals surface area (Å²) in [6.45, 7) is 8.09. The minimum atomic E-state index is 0.700. The highest BCUT2D eigenvalue weighted by Gasteiger charge is 2.27. The van der Waals surface area contributed by atoms with Gasteiger partial charge in [-0.1, -0.05) is 39.0 Å². The van der Waals surface area contributed by atoms with Crippen molar-refractivity contribution in [2.45, 2.75) is 26.7 Å². The average molecular weight is 189 g/mol. The van der Waals surface area contributed by atoms with Crippen molar-refractivity contribution in [3.05, 3.63) is 29.8 Å². The van der Waals surface area contributed by atoms with Gasteiger partial charge in [0, 0.05) is 18.2 Å². The van der Waals surface area contributed by atoms with Gasteiger partial charge in [-0.15, -0.1) is 0 Å². The summed E-state index contributed by atoms with van der Waals surface area (Å²) in [5, 5.41) is 3.49. The number of nitrogens with one attached hydrogen (secondary N) is 1. The van der Waals surface area contributed by atoms with E-state index in [9.17, 15) is 0 Å². The van der Waals surface area contributed by atoms with E-state index in [1.165, 1.54) is 11.3 Å². The Morgan fingerprint density at radius 1 is 1.21 bits per heavy atom. The van der Waals surface area contributed by atoms with E-state index >= 15 is 0 Å². The largest absolute Gasteiger partial charge is 0.384 e. The zero-order valence-electron chi connectivity index (χ0n) is 9.25. The first-order valence-electron chi connectivity index (χ1n) is 5.53. The molecule has 1 nitrogen and oxygen atoms in total. The molecule has 0 bridgehead atoms. The highest BCUT2D eigenvalue weighted by molar-refractivity contribution is 5.57. The van der Waals surface area contributed by atoms with Gasteiger partial charge in [0.15, 0.2) is 0 Å². The van der Waals surface area contributed by atoms with Crippen LogP contribution in [0, 0.1) is 11.8 Å². The van der Waals surface area contributed by atoms with Crippen LogP contribution in [-0.2, 0) is 0 Å². The molecule has 1 heteroatoms. The lowest BCUT2D eigenvalue weighted by atomic mass is 9.82. The second-order valence-electron chi connectivity index (χ2n) is 4.68. The Hall–Kier alpha value is -0.980. The molecule has 0 spiro atoms. The molecule has 2 atom stereocenters. The van der Waals surface area contributed by atoms with Crippen LogP contribution in [0.3, 0.4) is 0 Å². The molecule has 0 fully saturated rings. The van der Waals surface area contributed by atoms with E-state index in [0.29, 0.717) is 5.92 Å². The Labute approximate surface area is 86.5 Å². The summed E-state index contributed by atoms with van der Waals surface area (Å²) in [6.07, 6.45) is 0. The van der Waals surface area contributed by atoms with E-state index in [4.69, 9.17) is 0 Å². The summed E-state index contributed by atoms with van der Waals surface area (Å²) in [6, 6.07) is 8.70. The van der Waals surface area contributed by atoms with E-state index in [2.05, 4.69) is 50.4 Å². The molecule has 0 amide bonds. The van der Waals surface area contributed by atoms with Crippen molar-refractivity contribution in [3.8, 4) is 0 Å². The fraction of sp³-hybridized carbons (Fsp3) is 0.538. The summed E-state index contributed by atoms with van der Waals surface area (Å²) < 4.78 is 0. The first-order chi connectivity index (χ1) is 6.70. The SMILES string of the molecule is CC(C)C(C)[C@H]1CNc2ccccc21.